The normalized spacial score (nSPS) is 14.6. The van der Waals surface area contributed by atoms with Gasteiger partial charge in [-0.05, 0) is 42.5 Å². The van der Waals surface area contributed by atoms with E-state index in [0.717, 1.165) is 30.5 Å². The van der Waals surface area contributed by atoms with Crippen LogP contribution in [0.4, 0.5) is 19.7 Å². The summed E-state index contributed by atoms with van der Waals surface area (Å²) in [4.78, 5) is 24.9. The summed E-state index contributed by atoms with van der Waals surface area (Å²) in [6.07, 6.45) is 6.84. The number of pyridine rings is 1. The fourth-order valence-electron chi connectivity index (χ4n) is 2.97. The van der Waals surface area contributed by atoms with Gasteiger partial charge in [0.15, 0.2) is 0 Å². The van der Waals surface area contributed by atoms with Crippen LogP contribution in [0.5, 0.6) is 0 Å². The Kier molecular flexibility index (Phi) is 5.71. The zero-order chi connectivity index (χ0) is 21.1. The molecule has 1 aliphatic rings. The number of rotatable bonds is 7. The number of nitrogens with zero attached hydrogens (tertiary/aromatic N) is 3. The number of halogens is 2. The molecule has 2 heterocycles. The molecule has 1 saturated carbocycles. The number of hydrogen-bond donors (Lipinski definition) is 2. The van der Waals surface area contributed by atoms with Gasteiger partial charge in [0.2, 0.25) is 5.13 Å². The molecule has 0 bridgehead atoms. The van der Waals surface area contributed by atoms with Crippen LogP contribution in [-0.2, 0) is 0 Å². The maximum Gasteiger partial charge on any atom is 0.262 e. The second kappa shape index (κ2) is 8.58. The molecule has 9 heteroatoms. The van der Waals surface area contributed by atoms with E-state index in [0.29, 0.717) is 10.8 Å². The number of anilines is 1. The van der Waals surface area contributed by atoms with Crippen LogP contribution in [0.1, 0.15) is 34.7 Å². The lowest BCUT2D eigenvalue weighted by atomic mass is 9.93. The Balaban J connectivity index is 1.53. The molecular formula is C21H17F2N5OS. The van der Waals surface area contributed by atoms with Crippen molar-refractivity contribution in [3.63, 3.8) is 0 Å². The molecule has 1 amide bonds. The summed E-state index contributed by atoms with van der Waals surface area (Å²) in [5.74, 6) is -2.77. The molecule has 2 N–H and O–H groups in total. The third kappa shape index (κ3) is 4.46. The third-order valence-electron chi connectivity index (χ3n) is 4.68. The molecule has 3 aromatic rings. The molecule has 2 aromatic heterocycles. The van der Waals surface area contributed by atoms with Crippen molar-refractivity contribution >= 4 is 40.1 Å². The Morgan fingerprint density at radius 2 is 2.00 bits per heavy atom. The zero-order valence-electron chi connectivity index (χ0n) is 15.7. The van der Waals surface area contributed by atoms with E-state index in [-0.39, 0.29) is 17.7 Å². The number of carbonyl (C=O) groups excluding carboxylic acids is 1. The molecule has 0 spiro atoms. The van der Waals surface area contributed by atoms with E-state index in [1.807, 2.05) is 5.38 Å². The first-order valence-electron chi connectivity index (χ1n) is 9.26. The van der Waals surface area contributed by atoms with Crippen molar-refractivity contribution in [3.8, 4) is 0 Å². The average Bonchev–Trinajstić information content (AvgIpc) is 3.45. The molecule has 1 unspecified atom stereocenters. The summed E-state index contributed by atoms with van der Waals surface area (Å²) >= 11 is 1.40. The van der Waals surface area contributed by atoms with Gasteiger partial charge in [0.05, 0.1) is 5.92 Å². The number of amides is 1. The quantitative estimate of drug-likeness (QED) is 0.523. The highest BCUT2D eigenvalue weighted by Gasteiger charge is 2.31. The van der Waals surface area contributed by atoms with E-state index in [4.69, 9.17) is 5.41 Å². The predicted molar refractivity (Wildman–Crippen MR) is 112 cm³/mol. The molecule has 6 nitrogen and oxygen atoms in total. The number of thiazole rings is 1. The van der Waals surface area contributed by atoms with E-state index >= 15 is 0 Å². The van der Waals surface area contributed by atoms with Gasteiger partial charge in [-0.3, -0.25) is 4.79 Å². The van der Waals surface area contributed by atoms with E-state index in [2.05, 4.69) is 20.3 Å². The molecule has 1 fully saturated rings. The van der Waals surface area contributed by atoms with Gasteiger partial charge in [-0.1, -0.05) is 12.1 Å². The first-order valence-corrected chi connectivity index (χ1v) is 10.1. The van der Waals surface area contributed by atoms with Crippen LogP contribution < -0.4 is 5.32 Å². The van der Waals surface area contributed by atoms with Crippen LogP contribution >= 0.6 is 11.3 Å². The molecule has 0 saturated heterocycles. The summed E-state index contributed by atoms with van der Waals surface area (Å²) in [6, 6.07) is 6.48. The highest BCUT2D eigenvalue weighted by atomic mass is 32.1. The first kappa shape index (κ1) is 20.0. The van der Waals surface area contributed by atoms with Gasteiger partial charge in [0.25, 0.3) is 5.91 Å². The van der Waals surface area contributed by atoms with Gasteiger partial charge < -0.3 is 10.7 Å². The molecule has 4 rings (SSSR count). The highest BCUT2D eigenvalue weighted by Crippen LogP contribution is 2.35. The molecule has 30 heavy (non-hydrogen) atoms. The average molecular weight is 425 g/mol. The van der Waals surface area contributed by atoms with Crippen LogP contribution in [-0.4, -0.2) is 27.8 Å². The minimum Gasteiger partial charge on any atom is -0.308 e. The number of carbonyl (C=O) groups is 1. The number of nitrogens with one attached hydrogen (secondary N) is 2. The summed E-state index contributed by atoms with van der Waals surface area (Å²) in [5, 5.41) is 13.3. The van der Waals surface area contributed by atoms with Crippen molar-refractivity contribution in [2.24, 2.45) is 10.9 Å². The molecule has 152 valence electrons. The van der Waals surface area contributed by atoms with Crippen LogP contribution in [0.25, 0.3) is 0 Å². The van der Waals surface area contributed by atoms with Gasteiger partial charge in [-0.2, -0.15) is 0 Å². The van der Waals surface area contributed by atoms with Crippen LogP contribution in [0.3, 0.4) is 0 Å². The van der Waals surface area contributed by atoms with Gasteiger partial charge in [-0.25, -0.2) is 23.7 Å². The Morgan fingerprint density at radius 3 is 2.60 bits per heavy atom. The second-order valence-corrected chi connectivity index (χ2v) is 7.70. The van der Waals surface area contributed by atoms with Crippen LogP contribution in [0.2, 0.25) is 0 Å². The van der Waals surface area contributed by atoms with Crippen molar-refractivity contribution in [1.82, 2.24) is 9.97 Å². The summed E-state index contributed by atoms with van der Waals surface area (Å²) < 4.78 is 27.6. The Labute approximate surface area is 175 Å². The van der Waals surface area contributed by atoms with Crippen molar-refractivity contribution in [3.05, 3.63) is 70.9 Å². The lowest BCUT2D eigenvalue weighted by Crippen LogP contribution is -2.18. The fraction of sp³-hybridized carbons (Fsp3) is 0.190. The Hall–Kier alpha value is -3.33. The van der Waals surface area contributed by atoms with Gasteiger partial charge in [-0.15, -0.1) is 11.3 Å². The molecule has 1 aliphatic carbocycles. The SMILES string of the molecule is N=C(C1CC1)C(C=Nc1nccs1)c1ccc(NC(=O)c2c(F)cccc2F)nc1. The lowest BCUT2D eigenvalue weighted by molar-refractivity contribution is 0.101. The molecule has 0 aliphatic heterocycles. The summed E-state index contributed by atoms with van der Waals surface area (Å²) in [6.45, 7) is 0. The number of aromatic nitrogens is 2. The topological polar surface area (TPSA) is 91.1 Å². The van der Waals surface area contributed by atoms with E-state index in [9.17, 15) is 13.6 Å². The monoisotopic (exact) mass is 425 g/mol. The second-order valence-electron chi connectivity index (χ2n) is 6.83. The van der Waals surface area contributed by atoms with Gasteiger partial charge >= 0.3 is 0 Å². The minimum atomic E-state index is -0.944. The van der Waals surface area contributed by atoms with E-state index in [1.165, 1.54) is 29.7 Å². The minimum absolute atomic E-state index is 0.153. The zero-order valence-corrected chi connectivity index (χ0v) is 16.5. The van der Waals surface area contributed by atoms with Crippen LogP contribution in [0, 0.1) is 23.0 Å². The standard InChI is InChI=1S/C21H17F2N5OS/c22-15-2-1-3-16(23)18(15)20(29)28-17-7-6-13(10-26-17)14(19(24)12-4-5-12)11-27-21-25-8-9-30-21/h1-3,6-12,14,24H,4-5H2,(H,26,28,29). The van der Waals surface area contributed by atoms with Crippen molar-refractivity contribution in [2.45, 2.75) is 18.8 Å². The summed E-state index contributed by atoms with van der Waals surface area (Å²) in [5.41, 5.74) is 0.636. The third-order valence-corrected chi connectivity index (χ3v) is 5.36. The van der Waals surface area contributed by atoms with Crippen molar-refractivity contribution in [2.75, 3.05) is 5.32 Å². The molecular weight excluding hydrogens is 408 g/mol. The van der Waals surface area contributed by atoms with E-state index < -0.39 is 23.1 Å². The molecule has 1 atom stereocenters. The Bertz CT molecular complexity index is 1070. The number of aliphatic imine (C=N–C) groups is 1. The molecule has 1 aromatic carbocycles. The maximum atomic E-state index is 13.8. The Morgan fingerprint density at radius 1 is 1.23 bits per heavy atom. The van der Waals surface area contributed by atoms with Crippen LogP contribution in [0.15, 0.2) is 53.1 Å². The predicted octanol–water partition coefficient (Wildman–Crippen LogP) is 4.98. The smallest absolute Gasteiger partial charge is 0.262 e. The number of hydrogen-bond acceptors (Lipinski definition) is 6. The number of benzene rings is 1. The van der Waals surface area contributed by atoms with Crippen molar-refractivity contribution < 1.29 is 13.6 Å². The van der Waals surface area contributed by atoms with Gasteiger partial charge in [0, 0.05) is 29.7 Å². The van der Waals surface area contributed by atoms with Crippen molar-refractivity contribution in [1.29, 1.82) is 5.41 Å². The summed E-state index contributed by atoms with van der Waals surface area (Å²) in [7, 11) is 0. The van der Waals surface area contributed by atoms with Gasteiger partial charge in [0.1, 0.15) is 23.0 Å². The molecule has 0 radical (unpaired) electrons. The maximum absolute atomic E-state index is 13.8. The van der Waals surface area contributed by atoms with E-state index in [1.54, 1.807) is 18.5 Å². The fourth-order valence-corrected chi connectivity index (χ4v) is 3.46. The first-order chi connectivity index (χ1) is 14.5. The largest absolute Gasteiger partial charge is 0.308 e. The lowest BCUT2D eigenvalue weighted by Gasteiger charge is -2.14. The highest BCUT2D eigenvalue weighted by molar-refractivity contribution is 7.13.